The molecule has 1 aliphatic carbocycles. The first-order chi connectivity index (χ1) is 6.08. The van der Waals surface area contributed by atoms with Gasteiger partial charge in [0.1, 0.15) is 0 Å². The molecule has 0 amide bonds. The Morgan fingerprint density at radius 2 is 2.38 bits per heavy atom. The third kappa shape index (κ3) is 2.79. The van der Waals surface area contributed by atoms with Crippen LogP contribution in [0, 0.1) is 10.1 Å². The van der Waals surface area contributed by atoms with E-state index in [4.69, 9.17) is 0 Å². The zero-order chi connectivity index (χ0) is 9.90. The van der Waals surface area contributed by atoms with Crippen molar-refractivity contribution in [1.82, 2.24) is 0 Å². The predicted molar refractivity (Wildman–Crippen MR) is 48.2 cm³/mol. The molecule has 0 saturated heterocycles. The van der Waals surface area contributed by atoms with Gasteiger partial charge in [-0.1, -0.05) is 0 Å². The summed E-state index contributed by atoms with van der Waals surface area (Å²) in [5.74, 6) is 0. The maximum atomic E-state index is 10.8. The molecule has 13 heavy (non-hydrogen) atoms. The molecule has 3 nitrogen and oxygen atoms in total. The van der Waals surface area contributed by atoms with E-state index in [0.29, 0.717) is 3.92 Å². The third-order valence-corrected chi connectivity index (χ3v) is 6.62. The molecule has 0 aliphatic heterocycles. The number of nitrogens with zero attached hydrogens (tertiary/aromatic N) is 1. The third-order valence-electron chi connectivity index (χ3n) is 2.61. The van der Waals surface area contributed by atoms with Crippen molar-refractivity contribution in [2.24, 2.45) is 0 Å². The van der Waals surface area contributed by atoms with Gasteiger partial charge >= 0.3 is 89.7 Å². The predicted octanol–water partition coefficient (Wildman–Crippen LogP) is -0.927. The molecule has 1 rings (SSSR count). The number of halogens is 1. The van der Waals surface area contributed by atoms with Crippen LogP contribution >= 0.6 is 0 Å². The quantitative estimate of drug-likeness (QED) is 0.291. The van der Waals surface area contributed by atoms with Crippen LogP contribution in [0.4, 0.5) is 0 Å². The minimum absolute atomic E-state index is 0.0668. The molecular weight excluding hydrogens is 281 g/mol. The van der Waals surface area contributed by atoms with Gasteiger partial charge in [-0.15, -0.1) is 0 Å². The topological polar surface area (TPSA) is 43.1 Å². The Hall–Kier alpha value is 0.130. The van der Waals surface area contributed by atoms with Crippen molar-refractivity contribution >= 4 is 0 Å². The van der Waals surface area contributed by atoms with Crippen LogP contribution in [0.1, 0.15) is 39.5 Å². The zero-order valence-corrected chi connectivity index (χ0v) is 10.4. The fourth-order valence-electron chi connectivity index (χ4n) is 1.71. The second-order valence-electron chi connectivity index (χ2n) is 3.94. The molecule has 0 aromatic heterocycles. The normalized spacial score (nSPS) is 33.8. The summed E-state index contributed by atoms with van der Waals surface area (Å²) in [7, 11) is 0. The van der Waals surface area contributed by atoms with Gasteiger partial charge in [0.15, 0.2) is 0 Å². The summed E-state index contributed by atoms with van der Waals surface area (Å²) < 4.78 is 2.05. The summed E-state index contributed by atoms with van der Waals surface area (Å²) in [5.41, 5.74) is -0.585. The average molecular weight is 298 g/mol. The van der Waals surface area contributed by atoms with Crippen LogP contribution in [0.25, 0.3) is 0 Å². The van der Waals surface area contributed by atoms with E-state index in [2.05, 4.69) is 6.92 Å². The SMILES string of the molecule is CCC[I-][C@@H]1CCC(C)([N+](=O)[O-])C1. The summed E-state index contributed by atoms with van der Waals surface area (Å²) in [6.45, 7) is 4.00. The van der Waals surface area contributed by atoms with Crippen molar-refractivity contribution in [1.29, 1.82) is 0 Å². The van der Waals surface area contributed by atoms with Crippen molar-refractivity contribution in [3.63, 3.8) is 0 Å². The summed E-state index contributed by atoms with van der Waals surface area (Å²) >= 11 is 0.232. The van der Waals surface area contributed by atoms with Crippen LogP contribution < -0.4 is 21.2 Å². The van der Waals surface area contributed by atoms with E-state index in [1.165, 1.54) is 10.8 Å². The van der Waals surface area contributed by atoms with Gasteiger partial charge in [-0.25, -0.2) is 0 Å². The molecule has 1 saturated carbocycles. The van der Waals surface area contributed by atoms with Crippen LogP contribution in [0.15, 0.2) is 0 Å². The number of alkyl halides is 2. The van der Waals surface area contributed by atoms with Crippen LogP contribution in [-0.4, -0.2) is 18.8 Å². The van der Waals surface area contributed by atoms with Gasteiger partial charge < -0.3 is 0 Å². The molecule has 0 aromatic carbocycles. The fraction of sp³-hybridized carbons (Fsp3) is 1.00. The first-order valence-corrected chi connectivity index (χ1v) is 7.58. The number of nitro groups is 1. The number of rotatable bonds is 4. The average Bonchev–Trinajstić information content (AvgIpc) is 2.45. The fourth-order valence-corrected chi connectivity index (χ4v) is 5.23. The van der Waals surface area contributed by atoms with Gasteiger partial charge in [0.25, 0.3) is 0 Å². The van der Waals surface area contributed by atoms with Crippen LogP contribution in [0.5, 0.6) is 0 Å². The first kappa shape index (κ1) is 11.2. The van der Waals surface area contributed by atoms with E-state index in [1.54, 1.807) is 0 Å². The molecular formula is C9H17INO2-. The number of hydrogen-bond acceptors (Lipinski definition) is 2. The monoisotopic (exact) mass is 298 g/mol. The van der Waals surface area contributed by atoms with Gasteiger partial charge in [0.2, 0.25) is 0 Å². The molecule has 0 radical (unpaired) electrons. The molecule has 2 atom stereocenters. The Labute approximate surface area is 89.7 Å². The van der Waals surface area contributed by atoms with Crippen molar-refractivity contribution in [2.75, 3.05) is 4.43 Å². The first-order valence-electron chi connectivity index (χ1n) is 4.80. The van der Waals surface area contributed by atoms with E-state index >= 15 is 0 Å². The van der Waals surface area contributed by atoms with E-state index in [9.17, 15) is 10.1 Å². The molecule has 0 spiro atoms. The summed E-state index contributed by atoms with van der Waals surface area (Å²) in [6, 6.07) is 0. The Kier molecular flexibility index (Phi) is 3.94. The Bertz CT molecular complexity index is 198. The van der Waals surface area contributed by atoms with E-state index in [-0.39, 0.29) is 26.1 Å². The Morgan fingerprint density at radius 1 is 1.69 bits per heavy atom. The van der Waals surface area contributed by atoms with Crippen molar-refractivity contribution in [3.8, 4) is 0 Å². The molecule has 78 valence electrons. The molecule has 0 heterocycles. The molecule has 1 unspecified atom stereocenters. The van der Waals surface area contributed by atoms with Crippen LogP contribution in [0.2, 0.25) is 0 Å². The van der Waals surface area contributed by atoms with E-state index in [1.807, 2.05) is 6.92 Å². The van der Waals surface area contributed by atoms with Gasteiger partial charge in [0, 0.05) is 0 Å². The maximum absolute atomic E-state index is 10.8. The minimum atomic E-state index is -0.585. The summed E-state index contributed by atoms with van der Waals surface area (Å²) in [5, 5.41) is 10.8. The van der Waals surface area contributed by atoms with Crippen molar-refractivity contribution in [3.05, 3.63) is 10.1 Å². The molecule has 0 aromatic rings. The second-order valence-corrected chi connectivity index (χ2v) is 7.66. The van der Waals surface area contributed by atoms with Gasteiger partial charge in [-0.2, -0.15) is 0 Å². The molecule has 4 heteroatoms. The number of hydrogen-bond donors (Lipinski definition) is 0. The second kappa shape index (κ2) is 4.57. The van der Waals surface area contributed by atoms with Crippen LogP contribution in [0.3, 0.4) is 0 Å². The van der Waals surface area contributed by atoms with Crippen molar-refractivity contribution in [2.45, 2.75) is 49.0 Å². The van der Waals surface area contributed by atoms with Crippen LogP contribution in [-0.2, 0) is 0 Å². The van der Waals surface area contributed by atoms with Gasteiger partial charge in [-0.3, -0.25) is 0 Å². The molecule has 0 N–H and O–H groups in total. The standard InChI is InChI=1S/C9H17INO2/c1-3-6-10-8-4-5-9(2,7-8)11(12)13/h8H,3-7H2,1-2H3/q-1/t8-,9?/m1/s1. The Balaban J connectivity index is 2.39. The summed E-state index contributed by atoms with van der Waals surface area (Å²) in [6.07, 6.45) is 3.99. The van der Waals surface area contributed by atoms with Gasteiger partial charge in [-0.05, 0) is 0 Å². The molecule has 1 fully saturated rings. The van der Waals surface area contributed by atoms with Crippen molar-refractivity contribution < 1.29 is 26.1 Å². The van der Waals surface area contributed by atoms with E-state index < -0.39 is 5.54 Å². The molecule has 0 bridgehead atoms. The van der Waals surface area contributed by atoms with E-state index in [0.717, 1.165) is 19.3 Å². The molecule has 1 aliphatic rings. The summed E-state index contributed by atoms with van der Waals surface area (Å²) in [4.78, 5) is 10.7. The Morgan fingerprint density at radius 3 is 2.85 bits per heavy atom. The zero-order valence-electron chi connectivity index (χ0n) is 8.25. The van der Waals surface area contributed by atoms with Gasteiger partial charge in [0.05, 0.1) is 0 Å².